The van der Waals surface area contributed by atoms with Crippen molar-refractivity contribution in [3.8, 4) is 5.69 Å². The molecule has 0 atom stereocenters. The van der Waals surface area contributed by atoms with Crippen molar-refractivity contribution in [3.05, 3.63) is 69.3 Å². The Morgan fingerprint density at radius 1 is 1.00 bits per heavy atom. The van der Waals surface area contributed by atoms with Crippen molar-refractivity contribution in [1.29, 1.82) is 0 Å². The Morgan fingerprint density at radius 2 is 1.64 bits per heavy atom. The summed E-state index contributed by atoms with van der Waals surface area (Å²) in [5.41, 5.74) is 1.37. The lowest BCUT2D eigenvalue weighted by Crippen LogP contribution is -2.42. The molecule has 0 saturated heterocycles. The Hall–Kier alpha value is -2.78. The standard InChI is InChI=1S/C25H28Cl3N5O3/c1-25(2,3)20-14-21(33(31-20)19-11-6-5-8-16(19)26)29-22(34)15-32(12-13-36-4)24(35)30-23-17(27)9-7-10-18(23)28/h5-11,14H,12-13,15H2,1-4H3,(H,29,34)(H,30,35). The molecule has 0 fully saturated rings. The average molecular weight is 553 g/mol. The molecule has 11 heteroatoms. The van der Waals surface area contributed by atoms with Crippen molar-refractivity contribution < 1.29 is 14.3 Å². The van der Waals surface area contributed by atoms with Gasteiger partial charge in [0.1, 0.15) is 12.4 Å². The summed E-state index contributed by atoms with van der Waals surface area (Å²) in [6.07, 6.45) is 0. The molecule has 0 aliphatic heterocycles. The van der Waals surface area contributed by atoms with Crippen molar-refractivity contribution in [2.24, 2.45) is 0 Å². The highest BCUT2D eigenvalue weighted by Gasteiger charge is 2.24. The molecule has 1 aromatic heterocycles. The molecule has 1 heterocycles. The van der Waals surface area contributed by atoms with Crippen molar-refractivity contribution in [2.75, 3.05) is 37.4 Å². The second kappa shape index (κ2) is 12.0. The predicted octanol–water partition coefficient (Wildman–Crippen LogP) is 6.25. The Labute approximate surface area is 225 Å². The highest BCUT2D eigenvalue weighted by atomic mass is 35.5. The molecule has 0 radical (unpaired) electrons. The fourth-order valence-electron chi connectivity index (χ4n) is 3.26. The number of ether oxygens (including phenoxy) is 1. The average Bonchev–Trinajstić information content (AvgIpc) is 3.23. The molecule has 0 spiro atoms. The van der Waals surface area contributed by atoms with Gasteiger partial charge in [-0.2, -0.15) is 5.10 Å². The van der Waals surface area contributed by atoms with Gasteiger partial charge in [-0.05, 0) is 24.3 Å². The van der Waals surface area contributed by atoms with E-state index in [-0.39, 0.29) is 40.8 Å². The van der Waals surface area contributed by atoms with Crippen LogP contribution < -0.4 is 10.6 Å². The number of nitrogens with one attached hydrogen (secondary N) is 2. The van der Waals surface area contributed by atoms with E-state index < -0.39 is 11.9 Å². The fraction of sp³-hybridized carbons (Fsp3) is 0.320. The number of methoxy groups -OCH3 is 1. The normalized spacial score (nSPS) is 11.3. The number of carbonyl (C=O) groups excluding carboxylic acids is 2. The van der Waals surface area contributed by atoms with E-state index in [2.05, 4.69) is 15.7 Å². The zero-order valence-corrected chi connectivity index (χ0v) is 22.7. The zero-order chi connectivity index (χ0) is 26.5. The van der Waals surface area contributed by atoms with Gasteiger partial charge >= 0.3 is 6.03 Å². The van der Waals surface area contributed by atoms with E-state index in [0.717, 1.165) is 5.69 Å². The quantitative estimate of drug-likeness (QED) is 0.346. The van der Waals surface area contributed by atoms with Crippen LogP contribution >= 0.6 is 34.8 Å². The SMILES string of the molecule is COCCN(CC(=O)Nc1cc(C(C)(C)C)nn1-c1ccccc1Cl)C(=O)Nc1c(Cl)cccc1Cl. The van der Waals surface area contributed by atoms with E-state index in [1.54, 1.807) is 35.0 Å². The second-order valence-corrected chi connectivity index (χ2v) is 10.2. The number of para-hydroxylation sites is 2. The number of urea groups is 1. The lowest BCUT2D eigenvalue weighted by Gasteiger charge is -2.23. The number of rotatable bonds is 8. The first-order valence-electron chi connectivity index (χ1n) is 11.2. The second-order valence-electron chi connectivity index (χ2n) is 9.02. The van der Waals surface area contributed by atoms with E-state index >= 15 is 0 Å². The van der Waals surface area contributed by atoms with Gasteiger partial charge in [0.2, 0.25) is 5.91 Å². The van der Waals surface area contributed by atoms with Crippen LogP contribution in [0.4, 0.5) is 16.3 Å². The number of benzene rings is 2. The lowest BCUT2D eigenvalue weighted by molar-refractivity contribution is -0.116. The summed E-state index contributed by atoms with van der Waals surface area (Å²) in [7, 11) is 1.51. The van der Waals surface area contributed by atoms with Gasteiger partial charge in [0.05, 0.1) is 38.7 Å². The monoisotopic (exact) mass is 551 g/mol. The van der Waals surface area contributed by atoms with E-state index in [1.807, 2.05) is 39.0 Å². The third-order valence-electron chi connectivity index (χ3n) is 5.21. The molecule has 192 valence electrons. The number of carbonyl (C=O) groups is 2. The Kier molecular flexibility index (Phi) is 9.24. The van der Waals surface area contributed by atoms with Crippen molar-refractivity contribution in [1.82, 2.24) is 14.7 Å². The molecule has 36 heavy (non-hydrogen) atoms. The van der Waals surface area contributed by atoms with Gasteiger partial charge in [-0.1, -0.05) is 73.8 Å². The van der Waals surface area contributed by atoms with E-state index in [1.165, 1.54) is 12.0 Å². The topological polar surface area (TPSA) is 88.5 Å². The van der Waals surface area contributed by atoms with E-state index in [0.29, 0.717) is 16.5 Å². The van der Waals surface area contributed by atoms with Gasteiger partial charge < -0.3 is 20.3 Å². The molecule has 0 saturated carbocycles. The highest BCUT2D eigenvalue weighted by molar-refractivity contribution is 6.39. The van der Waals surface area contributed by atoms with E-state index in [9.17, 15) is 9.59 Å². The minimum Gasteiger partial charge on any atom is -0.383 e. The van der Waals surface area contributed by atoms with Gasteiger partial charge in [0, 0.05) is 25.1 Å². The lowest BCUT2D eigenvalue weighted by atomic mass is 9.92. The maximum absolute atomic E-state index is 13.1. The minimum absolute atomic E-state index is 0.162. The van der Waals surface area contributed by atoms with Gasteiger partial charge in [-0.3, -0.25) is 4.79 Å². The maximum Gasteiger partial charge on any atom is 0.322 e. The van der Waals surface area contributed by atoms with Crippen LogP contribution in [0.1, 0.15) is 26.5 Å². The number of amides is 3. The third-order valence-corrected chi connectivity index (χ3v) is 6.16. The number of hydrogen-bond donors (Lipinski definition) is 2. The van der Waals surface area contributed by atoms with Crippen LogP contribution in [0.25, 0.3) is 5.69 Å². The van der Waals surface area contributed by atoms with Crippen LogP contribution in [0.3, 0.4) is 0 Å². The number of anilines is 2. The number of nitrogens with zero attached hydrogens (tertiary/aromatic N) is 3. The zero-order valence-electron chi connectivity index (χ0n) is 20.4. The maximum atomic E-state index is 13.1. The Balaban J connectivity index is 1.84. The van der Waals surface area contributed by atoms with Crippen molar-refractivity contribution in [3.63, 3.8) is 0 Å². The molecule has 3 amide bonds. The fourth-order valence-corrected chi connectivity index (χ4v) is 3.96. The predicted molar refractivity (Wildman–Crippen MR) is 145 cm³/mol. The van der Waals surface area contributed by atoms with Crippen LogP contribution in [0.15, 0.2) is 48.5 Å². The molecule has 0 bridgehead atoms. The molecule has 3 rings (SSSR count). The van der Waals surface area contributed by atoms with Gasteiger partial charge in [-0.25, -0.2) is 9.48 Å². The van der Waals surface area contributed by atoms with Crippen LogP contribution in [0, 0.1) is 0 Å². The summed E-state index contributed by atoms with van der Waals surface area (Å²) < 4.78 is 6.70. The molecule has 2 aromatic carbocycles. The minimum atomic E-state index is -0.549. The van der Waals surface area contributed by atoms with Crippen LogP contribution in [0.5, 0.6) is 0 Å². The molecule has 0 aliphatic rings. The first-order chi connectivity index (χ1) is 17.0. The number of halogens is 3. The summed E-state index contributed by atoms with van der Waals surface area (Å²) in [6.45, 7) is 6.20. The van der Waals surface area contributed by atoms with Gasteiger partial charge in [0.25, 0.3) is 0 Å². The van der Waals surface area contributed by atoms with Gasteiger partial charge in [-0.15, -0.1) is 0 Å². The number of hydrogen-bond acceptors (Lipinski definition) is 4. The summed E-state index contributed by atoms with van der Waals surface area (Å²) in [5.74, 6) is -0.000515. The van der Waals surface area contributed by atoms with Crippen molar-refractivity contribution in [2.45, 2.75) is 26.2 Å². The van der Waals surface area contributed by atoms with Gasteiger partial charge in [0.15, 0.2) is 0 Å². The first-order valence-corrected chi connectivity index (χ1v) is 12.3. The number of aromatic nitrogens is 2. The van der Waals surface area contributed by atoms with E-state index in [4.69, 9.17) is 39.5 Å². The molecule has 3 aromatic rings. The molecule has 8 nitrogen and oxygen atoms in total. The molecule has 0 unspecified atom stereocenters. The summed E-state index contributed by atoms with van der Waals surface area (Å²) in [5, 5.41) is 11.3. The molecular formula is C25H28Cl3N5O3. The summed E-state index contributed by atoms with van der Waals surface area (Å²) in [4.78, 5) is 27.4. The third kappa shape index (κ3) is 6.91. The summed E-state index contributed by atoms with van der Waals surface area (Å²) in [6, 6.07) is 13.3. The molecule has 0 aliphatic carbocycles. The largest absolute Gasteiger partial charge is 0.383 e. The van der Waals surface area contributed by atoms with Crippen LogP contribution in [-0.2, 0) is 14.9 Å². The van der Waals surface area contributed by atoms with Crippen molar-refractivity contribution >= 4 is 58.2 Å². The van der Waals surface area contributed by atoms with Crippen LogP contribution in [0.2, 0.25) is 15.1 Å². The Bertz CT molecular complexity index is 1220. The molecular weight excluding hydrogens is 525 g/mol. The Morgan fingerprint density at radius 3 is 2.25 bits per heavy atom. The smallest absolute Gasteiger partial charge is 0.322 e. The first kappa shape index (κ1) is 27.8. The van der Waals surface area contributed by atoms with Crippen LogP contribution in [-0.4, -0.2) is 53.4 Å². The highest BCUT2D eigenvalue weighted by Crippen LogP contribution is 2.31. The summed E-state index contributed by atoms with van der Waals surface area (Å²) >= 11 is 18.8. The molecule has 2 N–H and O–H groups in total.